The first-order valence-electron chi connectivity index (χ1n) is 8.18. The fourth-order valence-corrected chi connectivity index (χ4v) is 4.89. The predicted octanol–water partition coefficient (Wildman–Crippen LogP) is 6.89. The Balaban J connectivity index is 0. The van der Waals surface area contributed by atoms with Crippen LogP contribution >= 0.6 is 99.7 Å². The normalized spacial score (nSPS) is 9.66. The van der Waals surface area contributed by atoms with Gasteiger partial charge in [-0.15, -0.1) is 99.7 Å². The summed E-state index contributed by atoms with van der Waals surface area (Å²) in [4.78, 5) is 0. The smallest absolute Gasteiger partial charge is 0.125 e. The van der Waals surface area contributed by atoms with E-state index in [1.54, 1.807) is 0 Å². The molecule has 0 saturated carbocycles. The van der Waals surface area contributed by atoms with Gasteiger partial charge in [0, 0.05) is 17.6 Å². The van der Waals surface area contributed by atoms with Crippen molar-refractivity contribution >= 4 is 162 Å². The zero-order valence-electron chi connectivity index (χ0n) is 16.1. The van der Waals surface area contributed by atoms with Gasteiger partial charge in [-0.25, -0.2) is 0 Å². The molecule has 0 aliphatic rings. The molecule has 3 aromatic rings. The molecule has 0 saturated heterocycles. The summed E-state index contributed by atoms with van der Waals surface area (Å²) < 4.78 is 0. The van der Waals surface area contributed by atoms with Gasteiger partial charge in [-0.2, -0.15) is 0 Å². The maximum Gasteiger partial charge on any atom is 0.376 e. The van der Waals surface area contributed by atoms with E-state index in [9.17, 15) is 0 Å². The van der Waals surface area contributed by atoms with Gasteiger partial charge in [0.05, 0.1) is 0 Å². The minimum Gasteiger partial charge on any atom is -0.125 e. The van der Waals surface area contributed by atoms with Crippen LogP contribution in [-0.2, 0) is 0 Å². The molecule has 0 N–H and O–H groups in total. The first-order chi connectivity index (χ1) is 14.6. The Kier molecular flexibility index (Phi) is 25.9. The molecular formula is C18H15Cl9GeSi4. The Hall–Kier alpha value is 1.68. The summed E-state index contributed by atoms with van der Waals surface area (Å²) in [6, 6.07) is 32.5. The number of benzene rings is 3. The quantitative estimate of drug-likeness (QED) is 0.156. The molecule has 0 amide bonds. The summed E-state index contributed by atoms with van der Waals surface area (Å²) >= 11 is 44.2. The zero-order valence-corrected chi connectivity index (χ0v) is 29.0. The van der Waals surface area contributed by atoms with E-state index < -0.39 is 29.0 Å². The molecule has 0 bridgehead atoms. The molecule has 0 nitrogen and oxygen atoms in total. The van der Waals surface area contributed by atoms with Gasteiger partial charge in [-0.05, 0) is 0 Å². The summed E-state index contributed by atoms with van der Waals surface area (Å²) in [5.41, 5.74) is 0. The van der Waals surface area contributed by atoms with Gasteiger partial charge in [0.15, 0.2) is 8.80 Å². The molecule has 0 aromatic heterocycles. The summed E-state index contributed by atoms with van der Waals surface area (Å²) in [6.45, 7) is -4.39. The fraction of sp³-hybridized carbons (Fsp3) is 0. The Morgan fingerprint density at radius 1 is 0.344 bits per heavy atom. The van der Waals surface area contributed by atoms with Gasteiger partial charge in [0.1, 0.15) is 0 Å². The largest absolute Gasteiger partial charge is 0.376 e. The van der Waals surface area contributed by atoms with Gasteiger partial charge in [0.25, 0.3) is 0 Å². The molecule has 3 rings (SSSR count). The minimum absolute atomic E-state index is 0. The van der Waals surface area contributed by atoms with Crippen LogP contribution in [0, 0.1) is 0 Å². The molecule has 170 valence electrons. The molecule has 0 aliphatic heterocycles. The van der Waals surface area contributed by atoms with Crippen LogP contribution in [0.15, 0.2) is 91.0 Å². The van der Waals surface area contributed by atoms with Crippen LogP contribution < -0.4 is 15.6 Å². The van der Waals surface area contributed by atoms with Crippen LogP contribution in [0.3, 0.4) is 0 Å². The molecule has 0 unspecified atom stereocenters. The van der Waals surface area contributed by atoms with Crippen molar-refractivity contribution in [1.82, 2.24) is 0 Å². The maximum absolute atomic E-state index is 4.91. The van der Waals surface area contributed by atoms with Crippen molar-refractivity contribution in [2.75, 3.05) is 0 Å². The van der Waals surface area contributed by atoms with Crippen LogP contribution in [0.2, 0.25) is 0 Å². The van der Waals surface area contributed by atoms with Crippen molar-refractivity contribution in [3.8, 4) is 0 Å². The third-order valence-electron chi connectivity index (χ3n) is 3.19. The topological polar surface area (TPSA) is 0 Å². The van der Waals surface area contributed by atoms with E-state index >= 15 is 0 Å². The van der Waals surface area contributed by atoms with Crippen LogP contribution in [0.4, 0.5) is 0 Å². The molecule has 0 aliphatic carbocycles. The number of hydrogen-bond donors (Lipinski definition) is 0. The second-order valence-corrected chi connectivity index (χ2v) is 24.3. The molecule has 0 atom stereocenters. The van der Waals surface area contributed by atoms with Crippen LogP contribution in [0.1, 0.15) is 0 Å². The van der Waals surface area contributed by atoms with Gasteiger partial charge in [0.2, 0.25) is 0 Å². The average Bonchev–Trinajstić information content (AvgIpc) is 2.69. The molecule has 0 spiro atoms. The van der Waals surface area contributed by atoms with E-state index in [0.717, 1.165) is 0 Å². The Labute approximate surface area is 250 Å². The molecule has 8 radical (unpaired) electrons. The summed E-state index contributed by atoms with van der Waals surface area (Å²) in [5.74, 6) is 0. The predicted molar refractivity (Wildman–Crippen MR) is 160 cm³/mol. The van der Waals surface area contributed by atoms with Gasteiger partial charge in [-0.1, -0.05) is 107 Å². The van der Waals surface area contributed by atoms with Crippen LogP contribution in [0.25, 0.3) is 0 Å². The first-order valence-corrected chi connectivity index (χ1v) is 23.3. The molecule has 3 aromatic carbocycles. The van der Waals surface area contributed by atoms with Crippen LogP contribution in [0.5, 0.6) is 0 Å². The van der Waals surface area contributed by atoms with Crippen molar-refractivity contribution < 1.29 is 0 Å². The second-order valence-electron chi connectivity index (χ2n) is 5.12. The monoisotopic (exact) mass is 732 g/mol. The number of halogens is 9. The molecular weight excluding hydrogens is 720 g/mol. The van der Waals surface area contributed by atoms with Crippen molar-refractivity contribution in [3.63, 3.8) is 0 Å². The molecule has 0 heterocycles. The van der Waals surface area contributed by atoms with Crippen molar-refractivity contribution in [1.29, 1.82) is 0 Å². The molecule has 14 heteroatoms. The maximum atomic E-state index is 4.91. The van der Waals surface area contributed by atoms with Crippen molar-refractivity contribution in [2.45, 2.75) is 0 Å². The average molecular weight is 735 g/mol. The molecule has 0 fully saturated rings. The SMILES string of the molecule is Cl[Si](Cl)Cl.Cl[Si](Cl)Cl.Cl[Si](Cl)Cl.[Ge].c1ccc([Si](c2ccccc2)c2ccccc2)cc1. The summed E-state index contributed by atoms with van der Waals surface area (Å²) in [6.07, 6.45) is 0. The third-order valence-corrected chi connectivity index (χ3v) is 5.92. The number of hydrogen-bond acceptors (Lipinski definition) is 0. The van der Waals surface area contributed by atoms with E-state index in [1.807, 2.05) is 0 Å². The summed E-state index contributed by atoms with van der Waals surface area (Å²) in [5, 5.41) is 4.31. The van der Waals surface area contributed by atoms with Gasteiger partial charge >= 0.3 is 20.2 Å². The van der Waals surface area contributed by atoms with Crippen molar-refractivity contribution in [2.24, 2.45) is 0 Å². The Morgan fingerprint density at radius 3 is 0.656 bits per heavy atom. The Bertz CT molecular complexity index is 672. The van der Waals surface area contributed by atoms with Crippen molar-refractivity contribution in [3.05, 3.63) is 91.0 Å². The van der Waals surface area contributed by atoms with E-state index in [1.165, 1.54) is 15.6 Å². The van der Waals surface area contributed by atoms with Gasteiger partial charge in [-0.3, -0.25) is 0 Å². The van der Waals surface area contributed by atoms with Gasteiger partial charge < -0.3 is 0 Å². The summed E-state index contributed by atoms with van der Waals surface area (Å²) in [7, 11) is -0.877. The van der Waals surface area contributed by atoms with E-state index in [-0.39, 0.29) is 17.6 Å². The fourth-order valence-electron chi connectivity index (χ4n) is 2.31. The third kappa shape index (κ3) is 21.0. The first kappa shape index (κ1) is 35.8. The molecule has 32 heavy (non-hydrogen) atoms. The minimum atomic E-state index is -1.46. The standard InChI is InChI=1S/C18H15Si.3Cl3Si.Ge/c1-4-10-16(11-5-1)19(17-12-6-2-7-13-17)18-14-8-3-9-15-18;3*1-4(2)3;/h1-15H;;;;. The van der Waals surface area contributed by atoms with E-state index in [4.69, 9.17) is 99.7 Å². The van der Waals surface area contributed by atoms with E-state index in [0.29, 0.717) is 0 Å². The zero-order chi connectivity index (χ0) is 23.6. The Morgan fingerprint density at radius 2 is 0.500 bits per heavy atom. The second kappa shape index (κ2) is 23.1. The van der Waals surface area contributed by atoms with E-state index in [2.05, 4.69) is 91.0 Å². The van der Waals surface area contributed by atoms with Crippen LogP contribution in [-0.4, -0.2) is 46.6 Å². The number of rotatable bonds is 3.